The zero-order valence-electron chi connectivity index (χ0n) is 8.69. The van der Waals surface area contributed by atoms with Crippen molar-refractivity contribution in [2.75, 3.05) is 34.3 Å². The van der Waals surface area contributed by atoms with Crippen molar-refractivity contribution < 1.29 is 18.9 Å². The predicted molar refractivity (Wildman–Crippen MR) is 49.8 cm³/mol. The van der Waals surface area contributed by atoms with Crippen molar-refractivity contribution in [2.45, 2.75) is 0 Å². The molecule has 0 aromatic carbocycles. The van der Waals surface area contributed by atoms with Gasteiger partial charge in [-0.1, -0.05) is 0 Å². The van der Waals surface area contributed by atoms with E-state index in [1.807, 2.05) is 21.1 Å². The first-order chi connectivity index (χ1) is 6.40. The van der Waals surface area contributed by atoms with Gasteiger partial charge < -0.3 is 4.48 Å². The van der Waals surface area contributed by atoms with E-state index in [9.17, 15) is 9.59 Å². The Morgan fingerprint density at radius 3 is 2.14 bits per heavy atom. The fraction of sp³-hybridized carbons (Fsp3) is 0.556. The van der Waals surface area contributed by atoms with Gasteiger partial charge in [-0.25, -0.2) is 0 Å². The van der Waals surface area contributed by atoms with Crippen LogP contribution in [0.3, 0.4) is 0 Å². The maximum absolute atomic E-state index is 11.0. The molecule has 2 amide bonds. The lowest BCUT2D eigenvalue weighted by atomic mass is 10.5. The normalized spacial score (nSPS) is 16.9. The number of nitrogens with zero attached hydrogens (tertiary/aromatic N) is 2. The quantitative estimate of drug-likeness (QED) is 0.455. The van der Waals surface area contributed by atoms with Gasteiger partial charge in [-0.3, -0.25) is 14.4 Å². The van der Waals surface area contributed by atoms with Gasteiger partial charge in [0.15, 0.2) is 0 Å². The van der Waals surface area contributed by atoms with Gasteiger partial charge in [0.25, 0.3) is 11.8 Å². The first-order valence-corrected chi connectivity index (χ1v) is 4.40. The molecule has 5 nitrogen and oxygen atoms in total. The molecule has 1 rings (SSSR count). The molecule has 0 fully saturated rings. The van der Waals surface area contributed by atoms with Crippen molar-refractivity contribution >= 4 is 11.8 Å². The van der Waals surface area contributed by atoms with E-state index in [2.05, 4.69) is 0 Å². The molecule has 0 aliphatic carbocycles. The SMILES string of the molecule is C[N+](C)(C)CCON1C(=O)C=CC1=O. The molecule has 1 aliphatic rings. The summed E-state index contributed by atoms with van der Waals surface area (Å²) in [5.41, 5.74) is 0. The first kappa shape index (κ1) is 10.9. The van der Waals surface area contributed by atoms with E-state index in [-0.39, 0.29) is 0 Å². The third-order valence-corrected chi connectivity index (χ3v) is 1.75. The minimum absolute atomic E-state index is 0.350. The second-order valence-electron chi connectivity index (χ2n) is 4.15. The molecule has 0 aromatic rings. The molecular formula is C9H15N2O3+. The van der Waals surface area contributed by atoms with Gasteiger partial charge in [-0.15, -0.1) is 5.06 Å². The van der Waals surface area contributed by atoms with E-state index in [1.165, 1.54) is 12.2 Å². The Balaban J connectivity index is 2.33. The molecule has 0 aromatic heterocycles. The summed E-state index contributed by atoms with van der Waals surface area (Å²) in [4.78, 5) is 27.1. The molecule has 78 valence electrons. The smallest absolute Gasteiger partial charge is 0.277 e. The Morgan fingerprint density at radius 1 is 1.21 bits per heavy atom. The average molecular weight is 199 g/mol. The van der Waals surface area contributed by atoms with Gasteiger partial charge >= 0.3 is 0 Å². The van der Waals surface area contributed by atoms with Crippen LogP contribution in [0.15, 0.2) is 12.2 Å². The number of rotatable bonds is 4. The lowest BCUT2D eigenvalue weighted by molar-refractivity contribution is -0.871. The molecular weight excluding hydrogens is 184 g/mol. The summed E-state index contributed by atoms with van der Waals surface area (Å²) in [6, 6.07) is 0. The number of carbonyl (C=O) groups excluding carboxylic acids is 2. The third kappa shape index (κ3) is 2.93. The highest BCUT2D eigenvalue weighted by Gasteiger charge is 2.25. The van der Waals surface area contributed by atoms with Crippen molar-refractivity contribution in [2.24, 2.45) is 0 Å². The number of likely N-dealkylation sites (N-methyl/N-ethyl adjacent to an activating group) is 1. The van der Waals surface area contributed by atoms with Crippen LogP contribution >= 0.6 is 0 Å². The van der Waals surface area contributed by atoms with Crippen molar-refractivity contribution in [1.29, 1.82) is 0 Å². The van der Waals surface area contributed by atoms with Gasteiger partial charge in [0.1, 0.15) is 13.2 Å². The first-order valence-electron chi connectivity index (χ1n) is 4.40. The number of carbonyl (C=O) groups is 2. The zero-order chi connectivity index (χ0) is 10.8. The van der Waals surface area contributed by atoms with E-state index in [0.29, 0.717) is 6.61 Å². The van der Waals surface area contributed by atoms with Crippen LogP contribution in [-0.2, 0) is 14.4 Å². The van der Waals surface area contributed by atoms with Crippen LogP contribution in [0, 0.1) is 0 Å². The van der Waals surface area contributed by atoms with Gasteiger partial charge in [0, 0.05) is 12.2 Å². The maximum Gasteiger partial charge on any atom is 0.277 e. The molecule has 1 aliphatic heterocycles. The second-order valence-corrected chi connectivity index (χ2v) is 4.15. The van der Waals surface area contributed by atoms with Gasteiger partial charge in [0.2, 0.25) is 0 Å². The number of hydrogen-bond acceptors (Lipinski definition) is 3. The fourth-order valence-corrected chi connectivity index (χ4v) is 0.920. The minimum atomic E-state index is -0.406. The molecule has 1 heterocycles. The molecule has 5 heteroatoms. The van der Waals surface area contributed by atoms with Crippen LogP contribution in [-0.4, -0.2) is 55.7 Å². The number of amides is 2. The van der Waals surface area contributed by atoms with E-state index >= 15 is 0 Å². The lowest BCUT2D eigenvalue weighted by Crippen LogP contribution is -2.40. The maximum atomic E-state index is 11.0. The number of quaternary nitrogens is 1. The molecule has 0 bridgehead atoms. The highest BCUT2D eigenvalue weighted by atomic mass is 16.7. The Morgan fingerprint density at radius 2 is 1.71 bits per heavy atom. The number of hydroxylamine groups is 2. The molecule has 0 atom stereocenters. The average Bonchev–Trinajstić information content (AvgIpc) is 2.33. The second kappa shape index (κ2) is 3.89. The molecule has 0 N–H and O–H groups in total. The van der Waals surface area contributed by atoms with E-state index in [4.69, 9.17) is 4.84 Å². The zero-order valence-corrected chi connectivity index (χ0v) is 8.69. The van der Waals surface area contributed by atoms with E-state index < -0.39 is 11.8 Å². The Kier molecular flexibility index (Phi) is 3.03. The molecule has 0 saturated heterocycles. The summed E-state index contributed by atoms with van der Waals surface area (Å²) in [5, 5.41) is 0.787. The largest absolute Gasteiger partial charge is 0.329 e. The summed E-state index contributed by atoms with van der Waals surface area (Å²) in [6.07, 6.45) is 2.41. The van der Waals surface area contributed by atoms with Crippen LogP contribution in [0.4, 0.5) is 0 Å². The van der Waals surface area contributed by atoms with Crippen LogP contribution in [0.25, 0.3) is 0 Å². The fourth-order valence-electron chi connectivity index (χ4n) is 0.920. The predicted octanol–water partition coefficient (Wildman–Crippen LogP) is -0.451. The molecule has 14 heavy (non-hydrogen) atoms. The lowest BCUT2D eigenvalue weighted by Gasteiger charge is -2.24. The topological polar surface area (TPSA) is 46.6 Å². The minimum Gasteiger partial charge on any atom is -0.329 e. The summed E-state index contributed by atoms with van der Waals surface area (Å²) in [5.74, 6) is -0.812. The Bertz CT molecular complexity index is 260. The number of hydrogen-bond donors (Lipinski definition) is 0. The van der Waals surface area contributed by atoms with Crippen LogP contribution in [0.5, 0.6) is 0 Å². The summed E-state index contributed by atoms with van der Waals surface area (Å²) >= 11 is 0. The highest BCUT2D eigenvalue weighted by molar-refractivity contribution is 6.11. The summed E-state index contributed by atoms with van der Waals surface area (Å²) < 4.78 is 0.726. The molecule has 0 radical (unpaired) electrons. The monoisotopic (exact) mass is 199 g/mol. The van der Waals surface area contributed by atoms with Crippen molar-refractivity contribution in [1.82, 2.24) is 5.06 Å². The van der Waals surface area contributed by atoms with E-state index in [0.717, 1.165) is 16.1 Å². The van der Waals surface area contributed by atoms with Crippen LogP contribution in [0.2, 0.25) is 0 Å². The van der Waals surface area contributed by atoms with Crippen molar-refractivity contribution in [3.05, 3.63) is 12.2 Å². The van der Waals surface area contributed by atoms with Crippen molar-refractivity contribution in [3.8, 4) is 0 Å². The van der Waals surface area contributed by atoms with E-state index in [1.54, 1.807) is 0 Å². The highest BCUT2D eigenvalue weighted by Crippen LogP contribution is 2.04. The van der Waals surface area contributed by atoms with Gasteiger partial charge in [0.05, 0.1) is 21.1 Å². The van der Waals surface area contributed by atoms with Crippen LogP contribution in [0.1, 0.15) is 0 Å². The Hall–Kier alpha value is -1.20. The van der Waals surface area contributed by atoms with Crippen LogP contribution < -0.4 is 0 Å². The molecule has 0 saturated carbocycles. The molecule has 0 spiro atoms. The molecule has 0 unspecified atom stereocenters. The standard InChI is InChI=1S/C9H15N2O3/c1-11(2,3)6-7-14-10-8(12)4-5-9(10)13/h4-5H,6-7H2,1-3H3/q+1. The van der Waals surface area contributed by atoms with Gasteiger partial charge in [-0.05, 0) is 0 Å². The Labute approximate surface area is 83.1 Å². The van der Waals surface area contributed by atoms with Gasteiger partial charge in [-0.2, -0.15) is 0 Å². The van der Waals surface area contributed by atoms with Crippen molar-refractivity contribution in [3.63, 3.8) is 0 Å². The summed E-state index contributed by atoms with van der Waals surface area (Å²) in [7, 11) is 6.03. The number of imide groups is 1. The summed E-state index contributed by atoms with van der Waals surface area (Å²) in [6.45, 7) is 1.08. The third-order valence-electron chi connectivity index (χ3n) is 1.75.